The summed E-state index contributed by atoms with van der Waals surface area (Å²) in [6, 6.07) is 15.8. The summed E-state index contributed by atoms with van der Waals surface area (Å²) < 4.78 is 0. The van der Waals surface area contributed by atoms with Gasteiger partial charge in [-0.25, -0.2) is 15.0 Å². The van der Waals surface area contributed by atoms with Gasteiger partial charge >= 0.3 is 0 Å². The summed E-state index contributed by atoms with van der Waals surface area (Å²) in [6.45, 7) is 3.33. The Balaban J connectivity index is 1.48. The van der Waals surface area contributed by atoms with Gasteiger partial charge < -0.3 is 9.80 Å². The monoisotopic (exact) mass is 402 g/mol. The Kier molecular flexibility index (Phi) is 4.69. The molecule has 144 valence electrons. The average molecular weight is 403 g/mol. The van der Waals surface area contributed by atoms with Crippen LogP contribution in [0.1, 0.15) is 0 Å². The molecule has 0 N–H and O–H groups in total. The number of hydrogen-bond donors (Lipinski definition) is 0. The fourth-order valence-electron chi connectivity index (χ4n) is 3.67. The largest absolute Gasteiger partial charge is 0.352 e. The number of rotatable bonds is 3. The molecule has 0 bridgehead atoms. The first-order valence-corrected chi connectivity index (χ1v) is 9.95. The SMILES string of the molecule is Clc1cccnc1N1CCN(c2nc(-c3cccnc3)nc3ccccc23)CC1. The molecule has 0 amide bonds. The van der Waals surface area contributed by atoms with Crippen LogP contribution in [0.5, 0.6) is 0 Å². The van der Waals surface area contributed by atoms with Crippen molar-refractivity contribution in [2.75, 3.05) is 36.0 Å². The van der Waals surface area contributed by atoms with Gasteiger partial charge in [-0.05, 0) is 36.4 Å². The van der Waals surface area contributed by atoms with Crippen molar-refractivity contribution in [1.29, 1.82) is 0 Å². The Morgan fingerprint density at radius 1 is 0.759 bits per heavy atom. The van der Waals surface area contributed by atoms with Gasteiger partial charge in [-0.3, -0.25) is 4.98 Å². The van der Waals surface area contributed by atoms with Crippen molar-refractivity contribution in [3.63, 3.8) is 0 Å². The van der Waals surface area contributed by atoms with E-state index in [0.717, 1.165) is 54.3 Å². The molecule has 29 heavy (non-hydrogen) atoms. The van der Waals surface area contributed by atoms with E-state index in [1.165, 1.54) is 0 Å². The minimum atomic E-state index is 0.687. The molecule has 0 aliphatic carbocycles. The quantitative estimate of drug-likeness (QED) is 0.515. The van der Waals surface area contributed by atoms with Gasteiger partial charge in [0.25, 0.3) is 0 Å². The molecular formula is C22H19ClN6. The van der Waals surface area contributed by atoms with Gasteiger partial charge in [0.05, 0.1) is 10.5 Å². The maximum Gasteiger partial charge on any atom is 0.163 e. The third-order valence-electron chi connectivity index (χ3n) is 5.12. The van der Waals surface area contributed by atoms with Gasteiger partial charge in [-0.15, -0.1) is 0 Å². The van der Waals surface area contributed by atoms with E-state index in [2.05, 4.69) is 25.8 Å². The van der Waals surface area contributed by atoms with Gasteiger partial charge in [-0.1, -0.05) is 23.7 Å². The molecule has 0 atom stereocenters. The molecule has 5 rings (SSSR count). The number of piperazine rings is 1. The topological polar surface area (TPSA) is 58.0 Å². The fourth-order valence-corrected chi connectivity index (χ4v) is 3.91. The number of nitrogens with zero attached hydrogens (tertiary/aromatic N) is 6. The molecule has 1 aromatic carbocycles. The number of para-hydroxylation sites is 1. The van der Waals surface area contributed by atoms with E-state index in [1.54, 1.807) is 18.6 Å². The molecule has 1 aliphatic rings. The maximum absolute atomic E-state index is 6.33. The molecule has 0 spiro atoms. The van der Waals surface area contributed by atoms with Crippen LogP contribution in [0.4, 0.5) is 11.6 Å². The minimum absolute atomic E-state index is 0.687. The number of pyridine rings is 2. The van der Waals surface area contributed by atoms with E-state index in [-0.39, 0.29) is 0 Å². The van der Waals surface area contributed by atoms with Crippen molar-refractivity contribution >= 4 is 34.1 Å². The van der Waals surface area contributed by atoms with Gasteiger partial charge in [0.2, 0.25) is 0 Å². The third kappa shape index (κ3) is 3.47. The molecule has 4 heterocycles. The van der Waals surface area contributed by atoms with Crippen LogP contribution in [0.15, 0.2) is 67.1 Å². The Labute approximate surface area is 173 Å². The minimum Gasteiger partial charge on any atom is -0.352 e. The zero-order valence-corrected chi connectivity index (χ0v) is 16.5. The summed E-state index contributed by atoms with van der Waals surface area (Å²) in [6.07, 6.45) is 5.34. The van der Waals surface area contributed by atoms with Gasteiger partial charge in [0.1, 0.15) is 11.6 Å². The molecule has 7 heteroatoms. The lowest BCUT2D eigenvalue weighted by atomic mass is 10.2. The van der Waals surface area contributed by atoms with Crippen molar-refractivity contribution in [3.8, 4) is 11.4 Å². The summed E-state index contributed by atoms with van der Waals surface area (Å²) >= 11 is 6.33. The number of anilines is 2. The normalized spacial score (nSPS) is 14.4. The van der Waals surface area contributed by atoms with Crippen LogP contribution in [0, 0.1) is 0 Å². The predicted octanol–water partition coefficient (Wildman–Crippen LogP) is 4.07. The second kappa shape index (κ2) is 7.64. The standard InChI is InChI=1S/C22H19ClN6/c23-18-7-4-10-25-22(18)29-13-11-28(12-14-29)21-17-6-1-2-8-19(17)26-20(27-21)16-5-3-9-24-15-16/h1-10,15H,11-14H2. The van der Waals surface area contributed by atoms with Crippen LogP contribution in [0.3, 0.4) is 0 Å². The first kappa shape index (κ1) is 17.8. The summed E-state index contributed by atoms with van der Waals surface area (Å²) in [5.74, 6) is 2.50. The summed E-state index contributed by atoms with van der Waals surface area (Å²) in [7, 11) is 0. The third-order valence-corrected chi connectivity index (χ3v) is 5.42. The molecule has 0 unspecified atom stereocenters. The molecule has 1 fully saturated rings. The highest BCUT2D eigenvalue weighted by Gasteiger charge is 2.23. The number of fused-ring (bicyclic) bond motifs is 1. The molecule has 4 aromatic rings. The number of benzene rings is 1. The van der Waals surface area contributed by atoms with E-state index < -0.39 is 0 Å². The molecule has 0 radical (unpaired) electrons. The summed E-state index contributed by atoms with van der Waals surface area (Å²) in [5, 5.41) is 1.75. The predicted molar refractivity (Wildman–Crippen MR) is 116 cm³/mol. The molecule has 1 aliphatic heterocycles. The van der Waals surface area contributed by atoms with E-state index in [0.29, 0.717) is 10.8 Å². The van der Waals surface area contributed by atoms with Crippen molar-refractivity contribution in [3.05, 3.63) is 72.1 Å². The van der Waals surface area contributed by atoms with Crippen molar-refractivity contribution in [1.82, 2.24) is 19.9 Å². The lowest BCUT2D eigenvalue weighted by Crippen LogP contribution is -2.47. The van der Waals surface area contributed by atoms with Crippen molar-refractivity contribution < 1.29 is 0 Å². The van der Waals surface area contributed by atoms with Gasteiger partial charge in [0, 0.05) is 55.7 Å². The second-order valence-corrected chi connectivity index (χ2v) is 7.32. The highest BCUT2D eigenvalue weighted by Crippen LogP contribution is 2.29. The maximum atomic E-state index is 6.33. The molecule has 3 aromatic heterocycles. The van der Waals surface area contributed by atoms with E-state index in [4.69, 9.17) is 21.6 Å². The highest BCUT2D eigenvalue weighted by molar-refractivity contribution is 6.32. The lowest BCUT2D eigenvalue weighted by Gasteiger charge is -2.36. The molecule has 1 saturated heterocycles. The summed E-state index contributed by atoms with van der Waals surface area (Å²) in [5.41, 5.74) is 1.85. The van der Waals surface area contributed by atoms with Gasteiger partial charge in [-0.2, -0.15) is 0 Å². The van der Waals surface area contributed by atoms with Crippen LogP contribution >= 0.6 is 11.6 Å². The Morgan fingerprint density at radius 3 is 2.28 bits per heavy atom. The molecule has 0 saturated carbocycles. The van der Waals surface area contributed by atoms with Crippen molar-refractivity contribution in [2.24, 2.45) is 0 Å². The van der Waals surface area contributed by atoms with Gasteiger partial charge in [0.15, 0.2) is 5.82 Å². The zero-order valence-electron chi connectivity index (χ0n) is 15.7. The smallest absolute Gasteiger partial charge is 0.163 e. The van der Waals surface area contributed by atoms with Crippen LogP contribution in [-0.4, -0.2) is 46.1 Å². The van der Waals surface area contributed by atoms with Crippen LogP contribution in [0.2, 0.25) is 5.02 Å². The Morgan fingerprint density at radius 2 is 1.52 bits per heavy atom. The van der Waals surface area contributed by atoms with Crippen LogP contribution in [-0.2, 0) is 0 Å². The Bertz CT molecular complexity index is 1140. The number of halogens is 1. The fraction of sp³-hybridized carbons (Fsp3) is 0.182. The van der Waals surface area contributed by atoms with E-state index in [1.807, 2.05) is 42.5 Å². The molecular weight excluding hydrogens is 384 g/mol. The molecule has 6 nitrogen and oxygen atoms in total. The number of aromatic nitrogens is 4. The van der Waals surface area contributed by atoms with Crippen LogP contribution < -0.4 is 9.80 Å². The first-order valence-electron chi connectivity index (χ1n) is 9.57. The van der Waals surface area contributed by atoms with Crippen LogP contribution in [0.25, 0.3) is 22.3 Å². The zero-order chi connectivity index (χ0) is 19.6. The van der Waals surface area contributed by atoms with Crippen molar-refractivity contribution in [2.45, 2.75) is 0 Å². The van der Waals surface area contributed by atoms with E-state index in [9.17, 15) is 0 Å². The van der Waals surface area contributed by atoms with E-state index >= 15 is 0 Å². The Hall–Kier alpha value is -3.25. The lowest BCUT2D eigenvalue weighted by molar-refractivity contribution is 0.643. The second-order valence-electron chi connectivity index (χ2n) is 6.91. The summed E-state index contributed by atoms with van der Waals surface area (Å²) in [4.78, 5) is 22.9. The first-order chi connectivity index (χ1) is 14.3. The highest BCUT2D eigenvalue weighted by atomic mass is 35.5. The number of hydrogen-bond acceptors (Lipinski definition) is 6. The average Bonchev–Trinajstić information content (AvgIpc) is 2.79.